The number of phenolic OH excluding ortho intramolecular Hbond substituents is 1. The molecular weight excluding hydrogens is 272 g/mol. The normalized spacial score (nSPS) is 17.3. The third-order valence-electron chi connectivity index (χ3n) is 4.88. The monoisotopic (exact) mass is 290 g/mol. The summed E-state index contributed by atoms with van der Waals surface area (Å²) in [5.41, 5.74) is 1.54. The molecule has 3 aromatic carbocycles. The van der Waals surface area contributed by atoms with Gasteiger partial charge in [-0.05, 0) is 35.2 Å². The molecule has 0 radical (unpaired) electrons. The van der Waals surface area contributed by atoms with Crippen LogP contribution in [0.25, 0.3) is 10.8 Å². The van der Waals surface area contributed by atoms with Crippen LogP contribution in [0.3, 0.4) is 0 Å². The van der Waals surface area contributed by atoms with Crippen molar-refractivity contribution in [1.82, 2.24) is 0 Å². The summed E-state index contributed by atoms with van der Waals surface area (Å²) < 4.78 is 0. The molecule has 0 heterocycles. The van der Waals surface area contributed by atoms with Crippen molar-refractivity contribution in [2.45, 2.75) is 24.4 Å². The van der Waals surface area contributed by atoms with Crippen LogP contribution in [0.15, 0.2) is 66.7 Å². The lowest BCUT2D eigenvalue weighted by Gasteiger charge is -2.25. The fourth-order valence-electron chi connectivity index (χ4n) is 3.47. The molecule has 2 nitrogen and oxygen atoms in total. The van der Waals surface area contributed by atoms with Gasteiger partial charge in [0.05, 0.1) is 6.10 Å². The predicted octanol–water partition coefficient (Wildman–Crippen LogP) is 4.31. The van der Waals surface area contributed by atoms with Crippen LogP contribution in [0.2, 0.25) is 0 Å². The Kier molecular flexibility index (Phi) is 2.95. The van der Waals surface area contributed by atoms with Crippen molar-refractivity contribution >= 4 is 10.8 Å². The van der Waals surface area contributed by atoms with Gasteiger partial charge < -0.3 is 10.2 Å². The van der Waals surface area contributed by atoms with Crippen LogP contribution in [-0.4, -0.2) is 10.2 Å². The molecule has 0 amide bonds. The van der Waals surface area contributed by atoms with E-state index >= 15 is 0 Å². The first-order valence-electron chi connectivity index (χ1n) is 7.66. The lowest BCUT2D eigenvalue weighted by molar-refractivity contribution is 0.131. The molecule has 0 bridgehead atoms. The Morgan fingerprint density at radius 1 is 0.818 bits per heavy atom. The van der Waals surface area contributed by atoms with E-state index in [1.54, 1.807) is 6.07 Å². The number of fused-ring (bicyclic) bond motifs is 1. The maximum Gasteiger partial charge on any atom is 0.122 e. The summed E-state index contributed by atoms with van der Waals surface area (Å²) >= 11 is 0. The molecule has 2 heteroatoms. The van der Waals surface area contributed by atoms with E-state index in [-0.39, 0.29) is 11.2 Å². The molecule has 3 aromatic rings. The van der Waals surface area contributed by atoms with Crippen LogP contribution < -0.4 is 0 Å². The van der Waals surface area contributed by atoms with E-state index in [1.165, 1.54) is 0 Å². The van der Waals surface area contributed by atoms with Crippen molar-refractivity contribution in [1.29, 1.82) is 0 Å². The van der Waals surface area contributed by atoms with Crippen molar-refractivity contribution in [2.75, 3.05) is 0 Å². The van der Waals surface area contributed by atoms with E-state index in [2.05, 4.69) is 12.1 Å². The summed E-state index contributed by atoms with van der Waals surface area (Å²) in [6, 6.07) is 21.6. The van der Waals surface area contributed by atoms with Gasteiger partial charge in [0.2, 0.25) is 0 Å². The minimum absolute atomic E-state index is 0.174. The second-order valence-corrected chi connectivity index (χ2v) is 6.14. The van der Waals surface area contributed by atoms with Gasteiger partial charge in [0.25, 0.3) is 0 Å². The highest BCUT2D eigenvalue weighted by Crippen LogP contribution is 2.58. The van der Waals surface area contributed by atoms with Gasteiger partial charge in [0.15, 0.2) is 0 Å². The lowest BCUT2D eigenvalue weighted by atomic mass is 9.84. The van der Waals surface area contributed by atoms with E-state index in [0.29, 0.717) is 5.56 Å². The Bertz CT molecular complexity index is 819. The highest BCUT2D eigenvalue weighted by atomic mass is 16.3. The van der Waals surface area contributed by atoms with Gasteiger partial charge in [-0.15, -0.1) is 0 Å². The van der Waals surface area contributed by atoms with Crippen LogP contribution in [-0.2, 0) is 5.41 Å². The minimum atomic E-state index is -0.694. The number of aromatic hydroxyl groups is 1. The lowest BCUT2D eigenvalue weighted by Crippen LogP contribution is -2.18. The van der Waals surface area contributed by atoms with Crippen molar-refractivity contribution in [3.8, 4) is 5.75 Å². The molecule has 4 rings (SSSR count). The first kappa shape index (κ1) is 13.4. The highest BCUT2D eigenvalue weighted by Gasteiger charge is 2.51. The predicted molar refractivity (Wildman–Crippen MR) is 87.9 cm³/mol. The Labute approximate surface area is 129 Å². The molecule has 0 spiro atoms. The standard InChI is InChI=1S/C20H18O2/c21-17-11-10-14-6-4-5-9-16(14)18(17)19(22)20(12-13-20)15-7-2-1-3-8-15/h1-11,19,21-22H,12-13H2. The molecule has 110 valence electrons. The number of hydrogen-bond donors (Lipinski definition) is 2. The van der Waals surface area contributed by atoms with E-state index < -0.39 is 6.10 Å². The Hall–Kier alpha value is -2.32. The average molecular weight is 290 g/mol. The van der Waals surface area contributed by atoms with Gasteiger partial charge in [-0.1, -0.05) is 60.7 Å². The van der Waals surface area contributed by atoms with Gasteiger partial charge in [0.1, 0.15) is 5.75 Å². The zero-order chi connectivity index (χ0) is 15.2. The van der Waals surface area contributed by atoms with Crippen molar-refractivity contribution in [3.63, 3.8) is 0 Å². The van der Waals surface area contributed by atoms with Crippen LogP contribution in [0.1, 0.15) is 30.1 Å². The molecule has 1 atom stereocenters. The molecule has 1 aliphatic carbocycles. The second kappa shape index (κ2) is 4.85. The first-order valence-corrected chi connectivity index (χ1v) is 7.66. The number of phenols is 1. The zero-order valence-electron chi connectivity index (χ0n) is 12.2. The number of rotatable bonds is 3. The number of aliphatic hydroxyl groups is 1. The molecule has 1 aliphatic rings. The number of aliphatic hydroxyl groups excluding tert-OH is 1. The molecule has 1 unspecified atom stereocenters. The fourth-order valence-corrected chi connectivity index (χ4v) is 3.47. The van der Waals surface area contributed by atoms with Crippen LogP contribution in [0.5, 0.6) is 5.75 Å². The molecule has 0 saturated heterocycles. The van der Waals surface area contributed by atoms with Crippen molar-refractivity contribution < 1.29 is 10.2 Å². The first-order chi connectivity index (χ1) is 10.7. The zero-order valence-corrected chi connectivity index (χ0v) is 12.2. The third kappa shape index (κ3) is 1.92. The van der Waals surface area contributed by atoms with Crippen molar-refractivity contribution in [2.24, 2.45) is 0 Å². The van der Waals surface area contributed by atoms with Gasteiger partial charge in [-0.25, -0.2) is 0 Å². The Morgan fingerprint density at radius 2 is 1.50 bits per heavy atom. The van der Waals surface area contributed by atoms with Gasteiger partial charge in [-0.2, -0.15) is 0 Å². The summed E-state index contributed by atoms with van der Waals surface area (Å²) in [5.74, 6) is 0.174. The topological polar surface area (TPSA) is 40.5 Å². The molecule has 0 aromatic heterocycles. The SMILES string of the molecule is Oc1ccc2ccccc2c1C(O)C1(c2ccccc2)CC1. The summed E-state index contributed by atoms with van der Waals surface area (Å²) in [5, 5.41) is 23.4. The Morgan fingerprint density at radius 3 is 2.23 bits per heavy atom. The number of hydrogen-bond acceptors (Lipinski definition) is 2. The smallest absolute Gasteiger partial charge is 0.122 e. The molecule has 1 fully saturated rings. The van der Waals surface area contributed by atoms with Gasteiger partial charge in [0, 0.05) is 11.0 Å². The van der Waals surface area contributed by atoms with E-state index in [4.69, 9.17) is 0 Å². The molecule has 1 saturated carbocycles. The van der Waals surface area contributed by atoms with E-state index in [9.17, 15) is 10.2 Å². The molecule has 0 aliphatic heterocycles. The van der Waals surface area contributed by atoms with Crippen LogP contribution >= 0.6 is 0 Å². The second-order valence-electron chi connectivity index (χ2n) is 6.14. The fraction of sp³-hybridized carbons (Fsp3) is 0.200. The maximum atomic E-state index is 11.1. The molecule has 22 heavy (non-hydrogen) atoms. The quantitative estimate of drug-likeness (QED) is 0.754. The number of benzene rings is 3. The van der Waals surface area contributed by atoms with Crippen LogP contribution in [0.4, 0.5) is 0 Å². The average Bonchev–Trinajstić information content (AvgIpc) is 3.37. The molecular formula is C20H18O2. The van der Waals surface area contributed by atoms with E-state index in [1.807, 2.05) is 48.5 Å². The Balaban J connectivity index is 1.87. The summed E-state index contributed by atoms with van der Waals surface area (Å²) in [6.07, 6.45) is 1.20. The van der Waals surface area contributed by atoms with E-state index in [0.717, 1.165) is 29.2 Å². The maximum absolute atomic E-state index is 11.1. The largest absolute Gasteiger partial charge is 0.508 e. The third-order valence-corrected chi connectivity index (χ3v) is 4.88. The van der Waals surface area contributed by atoms with Crippen molar-refractivity contribution in [3.05, 3.63) is 77.9 Å². The summed E-state index contributed by atoms with van der Waals surface area (Å²) in [7, 11) is 0. The van der Waals surface area contributed by atoms with Crippen LogP contribution in [0, 0.1) is 0 Å². The van der Waals surface area contributed by atoms with Gasteiger partial charge >= 0.3 is 0 Å². The highest BCUT2D eigenvalue weighted by molar-refractivity contribution is 5.88. The van der Waals surface area contributed by atoms with Gasteiger partial charge in [-0.3, -0.25) is 0 Å². The molecule has 2 N–H and O–H groups in total. The summed E-state index contributed by atoms with van der Waals surface area (Å²) in [4.78, 5) is 0. The minimum Gasteiger partial charge on any atom is -0.508 e. The summed E-state index contributed by atoms with van der Waals surface area (Å²) in [6.45, 7) is 0.